The molecular formula is C17H18N4O2S. The van der Waals surface area contributed by atoms with Crippen LogP contribution < -0.4 is 10.2 Å². The second-order valence-corrected chi connectivity index (χ2v) is 6.41. The highest BCUT2D eigenvalue weighted by Crippen LogP contribution is 2.32. The van der Waals surface area contributed by atoms with Crippen LogP contribution in [0.3, 0.4) is 0 Å². The number of phenols is 1. The Morgan fingerprint density at radius 3 is 2.92 bits per heavy atom. The first-order chi connectivity index (χ1) is 11.6. The predicted octanol–water partition coefficient (Wildman–Crippen LogP) is 3.86. The van der Waals surface area contributed by atoms with Gasteiger partial charge >= 0.3 is 0 Å². The maximum atomic E-state index is 10.0. The van der Waals surface area contributed by atoms with Gasteiger partial charge in [-0.25, -0.2) is 9.97 Å². The van der Waals surface area contributed by atoms with Gasteiger partial charge in [0.2, 0.25) is 0 Å². The van der Waals surface area contributed by atoms with Crippen LogP contribution in [0.25, 0.3) is 10.2 Å². The van der Waals surface area contributed by atoms with Crippen LogP contribution in [0.15, 0.2) is 29.6 Å². The van der Waals surface area contributed by atoms with Gasteiger partial charge in [-0.05, 0) is 38.5 Å². The number of nitrogens with zero attached hydrogens (tertiary/aromatic N) is 3. The van der Waals surface area contributed by atoms with Gasteiger partial charge < -0.3 is 9.84 Å². The van der Waals surface area contributed by atoms with Gasteiger partial charge in [-0.3, -0.25) is 5.43 Å². The molecular weight excluding hydrogens is 324 g/mol. The lowest BCUT2D eigenvalue weighted by Gasteiger charge is -2.05. The van der Waals surface area contributed by atoms with E-state index in [2.05, 4.69) is 27.4 Å². The fourth-order valence-corrected chi connectivity index (χ4v) is 3.32. The van der Waals surface area contributed by atoms with Gasteiger partial charge in [0, 0.05) is 16.5 Å². The molecule has 24 heavy (non-hydrogen) atoms. The zero-order valence-electron chi connectivity index (χ0n) is 13.7. The Morgan fingerprint density at radius 1 is 1.33 bits per heavy atom. The smallest absolute Gasteiger partial charge is 0.158 e. The number of ether oxygens (including phenoxy) is 1. The molecule has 6 nitrogen and oxygen atoms in total. The van der Waals surface area contributed by atoms with Crippen LogP contribution in [0.5, 0.6) is 11.5 Å². The minimum absolute atomic E-state index is 0.113. The molecule has 0 aliphatic carbocycles. The summed E-state index contributed by atoms with van der Waals surface area (Å²) in [6.45, 7) is 6.56. The van der Waals surface area contributed by atoms with Crippen molar-refractivity contribution in [3.05, 3.63) is 40.5 Å². The summed E-state index contributed by atoms with van der Waals surface area (Å²) in [7, 11) is 0. The molecule has 124 valence electrons. The molecule has 0 amide bonds. The summed E-state index contributed by atoms with van der Waals surface area (Å²) in [5.74, 6) is 1.40. The van der Waals surface area contributed by atoms with E-state index >= 15 is 0 Å². The largest absolute Gasteiger partial charge is 0.507 e. The predicted molar refractivity (Wildman–Crippen MR) is 97.4 cm³/mol. The lowest BCUT2D eigenvalue weighted by molar-refractivity contribution is 0.337. The van der Waals surface area contributed by atoms with Gasteiger partial charge in [-0.15, -0.1) is 11.3 Å². The molecule has 0 unspecified atom stereocenters. The third kappa shape index (κ3) is 3.16. The van der Waals surface area contributed by atoms with E-state index in [-0.39, 0.29) is 5.75 Å². The minimum atomic E-state index is 0.113. The molecule has 0 saturated carbocycles. The molecule has 3 rings (SSSR count). The lowest BCUT2D eigenvalue weighted by Crippen LogP contribution is -1.96. The number of aromatic nitrogens is 2. The molecule has 7 heteroatoms. The van der Waals surface area contributed by atoms with Gasteiger partial charge in [0.15, 0.2) is 5.82 Å². The molecule has 0 bridgehead atoms. The van der Waals surface area contributed by atoms with Crippen molar-refractivity contribution in [1.82, 2.24) is 9.97 Å². The van der Waals surface area contributed by atoms with Crippen molar-refractivity contribution in [2.75, 3.05) is 12.0 Å². The summed E-state index contributed by atoms with van der Waals surface area (Å²) in [6, 6.07) is 5.11. The highest BCUT2D eigenvalue weighted by Gasteiger charge is 2.11. The molecule has 3 aromatic rings. The summed E-state index contributed by atoms with van der Waals surface area (Å²) >= 11 is 1.63. The highest BCUT2D eigenvalue weighted by molar-refractivity contribution is 7.18. The van der Waals surface area contributed by atoms with Crippen molar-refractivity contribution < 1.29 is 9.84 Å². The Morgan fingerprint density at radius 2 is 2.17 bits per heavy atom. The third-order valence-electron chi connectivity index (χ3n) is 3.65. The summed E-state index contributed by atoms with van der Waals surface area (Å²) in [6.07, 6.45) is 3.07. The van der Waals surface area contributed by atoms with Crippen molar-refractivity contribution in [1.29, 1.82) is 0 Å². The van der Waals surface area contributed by atoms with E-state index in [0.29, 0.717) is 23.7 Å². The van der Waals surface area contributed by atoms with Crippen LogP contribution in [0.1, 0.15) is 22.9 Å². The number of hydrogen-bond donors (Lipinski definition) is 2. The van der Waals surface area contributed by atoms with Crippen LogP contribution in [0, 0.1) is 13.8 Å². The summed E-state index contributed by atoms with van der Waals surface area (Å²) in [5, 5.41) is 15.2. The fourth-order valence-electron chi connectivity index (χ4n) is 2.32. The SMILES string of the molecule is CCOc1ccc(C=NNc2ncnc3sc(C)c(C)c23)c(O)c1. The zero-order chi connectivity index (χ0) is 17.1. The molecule has 2 heterocycles. The first-order valence-corrected chi connectivity index (χ1v) is 8.37. The zero-order valence-corrected chi connectivity index (χ0v) is 14.5. The fraction of sp³-hybridized carbons (Fsp3) is 0.235. The van der Waals surface area contributed by atoms with Crippen molar-refractivity contribution in [3.8, 4) is 11.5 Å². The van der Waals surface area contributed by atoms with Gasteiger partial charge in [-0.1, -0.05) is 0 Å². The Bertz CT molecular complexity index is 905. The van der Waals surface area contributed by atoms with Gasteiger partial charge in [0.1, 0.15) is 22.7 Å². The Hall–Kier alpha value is -2.67. The van der Waals surface area contributed by atoms with Crippen LogP contribution in [-0.2, 0) is 0 Å². The minimum Gasteiger partial charge on any atom is -0.507 e. The normalized spacial score (nSPS) is 11.3. The Kier molecular flexibility index (Phi) is 4.61. The summed E-state index contributed by atoms with van der Waals surface area (Å²) < 4.78 is 5.34. The Labute approximate surface area is 143 Å². The monoisotopic (exact) mass is 342 g/mol. The average Bonchev–Trinajstić information content (AvgIpc) is 2.85. The number of thiophene rings is 1. The molecule has 1 aromatic carbocycles. The summed E-state index contributed by atoms with van der Waals surface area (Å²) in [5.41, 5.74) is 4.68. The van der Waals surface area contributed by atoms with Crippen molar-refractivity contribution in [2.24, 2.45) is 5.10 Å². The van der Waals surface area contributed by atoms with E-state index in [1.54, 1.807) is 35.8 Å². The standard InChI is InChI=1S/C17H18N4O2S/c1-4-23-13-6-5-12(14(22)7-13)8-20-21-16-15-10(2)11(3)24-17(15)19-9-18-16/h5-9,22H,4H2,1-3H3,(H,18,19,21). The van der Waals surface area contributed by atoms with Crippen LogP contribution in [0.2, 0.25) is 0 Å². The number of benzene rings is 1. The van der Waals surface area contributed by atoms with E-state index in [4.69, 9.17) is 4.74 Å². The van der Waals surface area contributed by atoms with Gasteiger partial charge in [-0.2, -0.15) is 5.10 Å². The molecule has 0 aliphatic rings. The second-order valence-electron chi connectivity index (χ2n) is 5.21. The Balaban J connectivity index is 1.82. The van der Waals surface area contributed by atoms with Crippen molar-refractivity contribution in [2.45, 2.75) is 20.8 Å². The molecule has 0 atom stereocenters. The van der Waals surface area contributed by atoms with Crippen molar-refractivity contribution >= 4 is 33.6 Å². The van der Waals surface area contributed by atoms with E-state index in [0.717, 1.165) is 15.8 Å². The molecule has 2 aromatic heterocycles. The number of rotatable bonds is 5. The molecule has 0 spiro atoms. The number of anilines is 1. The number of hydrazone groups is 1. The number of fused-ring (bicyclic) bond motifs is 1. The van der Waals surface area contributed by atoms with E-state index in [1.807, 2.05) is 13.8 Å². The number of phenolic OH excluding ortho intramolecular Hbond substituents is 1. The van der Waals surface area contributed by atoms with E-state index in [1.165, 1.54) is 11.2 Å². The maximum absolute atomic E-state index is 10.0. The molecule has 0 aliphatic heterocycles. The van der Waals surface area contributed by atoms with Crippen molar-refractivity contribution in [3.63, 3.8) is 0 Å². The number of aryl methyl sites for hydroxylation is 2. The third-order valence-corrected chi connectivity index (χ3v) is 4.77. The van der Waals surface area contributed by atoms with Crippen LogP contribution >= 0.6 is 11.3 Å². The number of hydrogen-bond acceptors (Lipinski definition) is 7. The topological polar surface area (TPSA) is 79.6 Å². The van der Waals surface area contributed by atoms with Crippen LogP contribution in [-0.4, -0.2) is 27.9 Å². The average molecular weight is 342 g/mol. The van der Waals surface area contributed by atoms with Gasteiger partial charge in [0.25, 0.3) is 0 Å². The van der Waals surface area contributed by atoms with Gasteiger partial charge in [0.05, 0.1) is 18.2 Å². The summed E-state index contributed by atoms with van der Waals surface area (Å²) in [4.78, 5) is 10.7. The lowest BCUT2D eigenvalue weighted by atomic mass is 10.2. The molecule has 2 N–H and O–H groups in total. The quantitative estimate of drug-likeness (QED) is 0.544. The first-order valence-electron chi connectivity index (χ1n) is 7.55. The van der Waals surface area contributed by atoms with Crippen LogP contribution in [0.4, 0.5) is 5.82 Å². The maximum Gasteiger partial charge on any atom is 0.158 e. The van der Waals surface area contributed by atoms with E-state index in [9.17, 15) is 5.11 Å². The highest BCUT2D eigenvalue weighted by atomic mass is 32.1. The molecule has 0 fully saturated rings. The first kappa shape index (κ1) is 16.2. The number of aromatic hydroxyl groups is 1. The van der Waals surface area contributed by atoms with E-state index < -0.39 is 0 Å². The molecule has 0 saturated heterocycles. The molecule has 0 radical (unpaired) electrons. The number of nitrogens with one attached hydrogen (secondary N) is 1. The second kappa shape index (κ2) is 6.84.